The third-order valence-corrected chi connectivity index (χ3v) is 3.55. The number of amides is 1. The van der Waals surface area contributed by atoms with E-state index in [1.54, 1.807) is 42.5 Å². The number of carbonyl (C=O) groups is 1. The van der Waals surface area contributed by atoms with E-state index in [0.717, 1.165) is 0 Å². The van der Waals surface area contributed by atoms with E-state index in [-0.39, 0.29) is 12.3 Å². The van der Waals surface area contributed by atoms with Crippen molar-refractivity contribution in [3.8, 4) is 11.8 Å². The molecule has 2 rings (SSSR count). The van der Waals surface area contributed by atoms with Gasteiger partial charge in [-0.1, -0.05) is 35.3 Å². The van der Waals surface area contributed by atoms with E-state index >= 15 is 0 Å². The van der Waals surface area contributed by atoms with Gasteiger partial charge in [0.25, 0.3) is 0 Å². The zero-order chi connectivity index (χ0) is 16.7. The van der Waals surface area contributed by atoms with Gasteiger partial charge in [0.1, 0.15) is 11.8 Å². The quantitative estimate of drug-likeness (QED) is 0.772. The minimum atomic E-state index is -0.168. The van der Waals surface area contributed by atoms with Crippen LogP contribution in [0.25, 0.3) is 0 Å². The van der Waals surface area contributed by atoms with Crippen molar-refractivity contribution in [1.82, 2.24) is 0 Å². The molecule has 0 saturated carbocycles. The van der Waals surface area contributed by atoms with E-state index in [1.165, 1.54) is 0 Å². The first-order chi connectivity index (χ1) is 11.1. The first-order valence-electron chi connectivity index (χ1n) is 6.97. The number of carbonyl (C=O) groups excluding carboxylic acids is 1. The Bertz CT molecular complexity index is 742. The van der Waals surface area contributed by atoms with E-state index in [9.17, 15) is 4.79 Å². The van der Waals surface area contributed by atoms with Crippen LogP contribution in [0, 0.1) is 11.3 Å². The Hall–Kier alpha value is -2.22. The van der Waals surface area contributed by atoms with Crippen molar-refractivity contribution >= 4 is 34.8 Å². The molecule has 0 aliphatic heterocycles. The van der Waals surface area contributed by atoms with E-state index in [1.807, 2.05) is 6.07 Å². The van der Waals surface area contributed by atoms with Crippen LogP contribution in [0.1, 0.15) is 18.4 Å². The monoisotopic (exact) mass is 348 g/mol. The third kappa shape index (κ3) is 5.17. The highest BCUT2D eigenvalue weighted by molar-refractivity contribution is 6.35. The maximum atomic E-state index is 11.9. The molecule has 0 unspecified atom stereocenters. The molecule has 6 heteroatoms. The van der Waals surface area contributed by atoms with E-state index in [4.69, 9.17) is 33.2 Å². The van der Waals surface area contributed by atoms with Gasteiger partial charge in [0.15, 0.2) is 0 Å². The lowest BCUT2D eigenvalue weighted by Gasteiger charge is -2.09. The molecular weight excluding hydrogens is 335 g/mol. The molecule has 0 saturated heterocycles. The van der Waals surface area contributed by atoms with Crippen molar-refractivity contribution in [2.75, 3.05) is 11.9 Å². The molecule has 118 valence electrons. The third-order valence-electron chi connectivity index (χ3n) is 3.02. The summed E-state index contributed by atoms with van der Waals surface area (Å²) >= 11 is 11.8. The van der Waals surface area contributed by atoms with Crippen LogP contribution in [0.5, 0.6) is 5.75 Å². The molecule has 1 N–H and O–H groups in total. The van der Waals surface area contributed by atoms with E-state index in [2.05, 4.69) is 5.32 Å². The van der Waals surface area contributed by atoms with Gasteiger partial charge in [0, 0.05) is 11.4 Å². The molecule has 0 aromatic heterocycles. The number of halogens is 2. The molecule has 0 atom stereocenters. The zero-order valence-electron chi connectivity index (χ0n) is 12.2. The summed E-state index contributed by atoms with van der Waals surface area (Å²) in [7, 11) is 0. The number of nitriles is 1. The molecular formula is C17H14Cl2N2O2. The van der Waals surface area contributed by atoms with Gasteiger partial charge in [0.2, 0.25) is 5.91 Å². The number of ether oxygens (including phenoxy) is 1. The Morgan fingerprint density at radius 3 is 2.74 bits per heavy atom. The Kier molecular flexibility index (Phi) is 6.28. The first kappa shape index (κ1) is 17.1. The molecule has 0 bridgehead atoms. The minimum absolute atomic E-state index is 0.168. The number of hydrogen-bond donors (Lipinski definition) is 1. The lowest BCUT2D eigenvalue weighted by molar-refractivity contribution is -0.116. The van der Waals surface area contributed by atoms with Gasteiger partial charge in [-0.2, -0.15) is 5.26 Å². The van der Waals surface area contributed by atoms with Gasteiger partial charge in [-0.15, -0.1) is 0 Å². The molecule has 0 spiro atoms. The second-order valence-electron chi connectivity index (χ2n) is 4.73. The van der Waals surface area contributed by atoms with Crippen molar-refractivity contribution in [3.05, 3.63) is 58.1 Å². The number of para-hydroxylation sites is 1. The van der Waals surface area contributed by atoms with Gasteiger partial charge in [-0.3, -0.25) is 4.79 Å². The number of nitrogens with one attached hydrogen (secondary N) is 1. The summed E-state index contributed by atoms with van der Waals surface area (Å²) in [6, 6.07) is 13.9. The second kappa shape index (κ2) is 8.42. The molecule has 0 radical (unpaired) electrons. The molecule has 2 aromatic rings. The summed E-state index contributed by atoms with van der Waals surface area (Å²) in [5.41, 5.74) is 0.951. The van der Waals surface area contributed by atoms with Gasteiger partial charge >= 0.3 is 0 Å². The highest BCUT2D eigenvalue weighted by atomic mass is 35.5. The fraction of sp³-hybridized carbons (Fsp3) is 0.176. The van der Waals surface area contributed by atoms with Crippen LogP contribution in [0.4, 0.5) is 5.69 Å². The lowest BCUT2D eigenvalue weighted by Crippen LogP contribution is -2.13. The predicted octanol–water partition coefficient (Wildman–Crippen LogP) is 4.66. The van der Waals surface area contributed by atoms with E-state index < -0.39 is 0 Å². The molecule has 4 nitrogen and oxygen atoms in total. The maximum Gasteiger partial charge on any atom is 0.224 e. The van der Waals surface area contributed by atoms with Crippen LogP contribution < -0.4 is 10.1 Å². The second-order valence-corrected chi connectivity index (χ2v) is 5.58. The predicted molar refractivity (Wildman–Crippen MR) is 91.0 cm³/mol. The zero-order valence-corrected chi connectivity index (χ0v) is 13.7. The minimum Gasteiger partial charge on any atom is -0.492 e. The maximum absolute atomic E-state index is 11.9. The molecule has 0 aliphatic carbocycles. The Balaban J connectivity index is 1.78. The van der Waals surface area contributed by atoms with Crippen LogP contribution in [0.3, 0.4) is 0 Å². The number of rotatable bonds is 6. The van der Waals surface area contributed by atoms with Crippen LogP contribution in [-0.2, 0) is 4.79 Å². The SMILES string of the molecule is N#Cc1ccccc1NC(=O)CCCOc1ccc(Cl)cc1Cl. The normalized spacial score (nSPS) is 9.96. The molecule has 1 amide bonds. The van der Waals surface area contributed by atoms with Crippen molar-refractivity contribution in [3.63, 3.8) is 0 Å². The average molecular weight is 349 g/mol. The summed E-state index contributed by atoms with van der Waals surface area (Å²) in [6.07, 6.45) is 0.810. The van der Waals surface area contributed by atoms with Crippen LogP contribution >= 0.6 is 23.2 Å². The summed E-state index contributed by atoms with van der Waals surface area (Å²) in [6.45, 7) is 0.356. The standard InChI is InChI=1S/C17H14Cl2N2O2/c18-13-7-8-16(14(19)10-13)23-9-3-6-17(22)21-15-5-2-1-4-12(15)11-20/h1-2,4-5,7-8,10H,3,6,9H2,(H,21,22). The highest BCUT2D eigenvalue weighted by Gasteiger charge is 2.07. The van der Waals surface area contributed by atoms with Crippen LogP contribution in [0.15, 0.2) is 42.5 Å². The van der Waals surface area contributed by atoms with Gasteiger partial charge in [-0.05, 0) is 36.8 Å². The number of nitrogens with zero attached hydrogens (tertiary/aromatic N) is 1. The van der Waals surface area contributed by atoms with Crippen molar-refractivity contribution < 1.29 is 9.53 Å². The lowest BCUT2D eigenvalue weighted by atomic mass is 10.2. The Morgan fingerprint density at radius 1 is 1.22 bits per heavy atom. The fourth-order valence-electron chi connectivity index (χ4n) is 1.91. The first-order valence-corrected chi connectivity index (χ1v) is 7.72. The van der Waals surface area contributed by atoms with Crippen molar-refractivity contribution in [1.29, 1.82) is 5.26 Å². The summed E-state index contributed by atoms with van der Waals surface area (Å²) < 4.78 is 5.51. The summed E-state index contributed by atoms with van der Waals surface area (Å²) in [5, 5.41) is 12.7. The molecule has 0 fully saturated rings. The van der Waals surface area contributed by atoms with Crippen molar-refractivity contribution in [2.24, 2.45) is 0 Å². The number of hydrogen-bond acceptors (Lipinski definition) is 3. The topological polar surface area (TPSA) is 62.1 Å². The van der Waals surface area contributed by atoms with Crippen molar-refractivity contribution in [2.45, 2.75) is 12.8 Å². The fourth-order valence-corrected chi connectivity index (χ4v) is 2.37. The van der Waals surface area contributed by atoms with Gasteiger partial charge in [0.05, 0.1) is 22.9 Å². The molecule has 0 heterocycles. The van der Waals surface area contributed by atoms with Crippen LogP contribution in [-0.4, -0.2) is 12.5 Å². The van der Waals surface area contributed by atoms with E-state index in [0.29, 0.717) is 40.1 Å². The Morgan fingerprint density at radius 2 is 2.00 bits per heavy atom. The van der Waals surface area contributed by atoms with Gasteiger partial charge in [-0.25, -0.2) is 0 Å². The number of anilines is 1. The Labute approximate surface area is 144 Å². The van der Waals surface area contributed by atoms with Gasteiger partial charge < -0.3 is 10.1 Å². The molecule has 0 aliphatic rings. The largest absolute Gasteiger partial charge is 0.492 e. The molecule has 23 heavy (non-hydrogen) atoms. The summed E-state index contributed by atoms with van der Waals surface area (Å²) in [5.74, 6) is 0.366. The summed E-state index contributed by atoms with van der Waals surface area (Å²) in [4.78, 5) is 11.9. The number of benzene rings is 2. The highest BCUT2D eigenvalue weighted by Crippen LogP contribution is 2.27. The smallest absolute Gasteiger partial charge is 0.224 e. The average Bonchev–Trinajstić information content (AvgIpc) is 2.53. The van der Waals surface area contributed by atoms with Crippen LogP contribution in [0.2, 0.25) is 10.0 Å². The molecule has 2 aromatic carbocycles.